The summed E-state index contributed by atoms with van der Waals surface area (Å²) in [4.78, 5) is 24.3. The minimum atomic E-state index is -0.521. The highest BCUT2D eigenvalue weighted by Gasteiger charge is 2.22. The quantitative estimate of drug-likeness (QED) is 0.263. The summed E-state index contributed by atoms with van der Waals surface area (Å²) in [6.45, 7) is 7.35. The lowest BCUT2D eigenvalue weighted by atomic mass is 9.99. The summed E-state index contributed by atoms with van der Waals surface area (Å²) in [6.07, 6.45) is 2.48. The van der Waals surface area contributed by atoms with E-state index in [1.54, 1.807) is 6.07 Å². The fourth-order valence-electron chi connectivity index (χ4n) is 4.69. The Morgan fingerprint density at radius 3 is 2.00 bits per heavy atom. The average Bonchev–Trinajstić information content (AvgIpc) is 3.49. The van der Waals surface area contributed by atoms with Gasteiger partial charge in [-0.05, 0) is 99.9 Å². The summed E-state index contributed by atoms with van der Waals surface area (Å²) in [6, 6.07) is 20.2. The Kier molecular flexibility index (Phi) is 7.17. The van der Waals surface area contributed by atoms with Crippen molar-refractivity contribution in [2.45, 2.75) is 45.6 Å². The summed E-state index contributed by atoms with van der Waals surface area (Å²) in [5.74, 6) is 0.599. The molecule has 0 fully saturated rings. The van der Waals surface area contributed by atoms with E-state index in [2.05, 4.69) is 49.3 Å². The molecule has 38 heavy (non-hydrogen) atoms. The van der Waals surface area contributed by atoms with Gasteiger partial charge in [0.2, 0.25) is 0 Å². The molecule has 196 valence electrons. The number of ether oxygens (including phenoxy) is 2. The van der Waals surface area contributed by atoms with E-state index in [1.165, 1.54) is 5.56 Å². The van der Waals surface area contributed by atoms with E-state index in [4.69, 9.17) is 19.5 Å². The summed E-state index contributed by atoms with van der Waals surface area (Å²) < 4.78 is 11.5. The number of carbonyl (C=O) groups excluding carboxylic acids is 1. The van der Waals surface area contributed by atoms with E-state index in [0.29, 0.717) is 18.6 Å². The molecular formula is C32H35N3O3. The molecule has 6 nitrogen and oxygen atoms in total. The minimum absolute atomic E-state index is 0.306. The first-order valence-electron chi connectivity index (χ1n) is 13.2. The fraction of sp³-hybridized carbons (Fsp3) is 0.344. The first kappa shape index (κ1) is 25.9. The third-order valence-electron chi connectivity index (χ3n) is 6.56. The van der Waals surface area contributed by atoms with Crippen molar-refractivity contribution >= 4 is 28.8 Å². The van der Waals surface area contributed by atoms with Gasteiger partial charge in [0.1, 0.15) is 11.4 Å². The first-order valence-corrected chi connectivity index (χ1v) is 13.2. The van der Waals surface area contributed by atoms with Crippen molar-refractivity contribution < 1.29 is 14.3 Å². The molecule has 2 aliphatic rings. The molecule has 0 atom stereocenters. The van der Waals surface area contributed by atoms with Gasteiger partial charge in [0.15, 0.2) is 0 Å². The molecule has 3 aromatic rings. The van der Waals surface area contributed by atoms with Gasteiger partial charge in [-0.15, -0.1) is 0 Å². The normalized spacial score (nSPS) is 14.2. The lowest BCUT2D eigenvalue weighted by molar-refractivity contribution is 0.00694. The third kappa shape index (κ3) is 6.03. The molecule has 0 bridgehead atoms. The van der Waals surface area contributed by atoms with Crippen molar-refractivity contribution in [2.75, 3.05) is 27.2 Å². The lowest BCUT2D eigenvalue weighted by Crippen LogP contribution is -2.23. The van der Waals surface area contributed by atoms with Crippen LogP contribution in [0.2, 0.25) is 0 Å². The van der Waals surface area contributed by atoms with Gasteiger partial charge in [0.25, 0.3) is 0 Å². The second-order valence-corrected chi connectivity index (χ2v) is 11.2. The highest BCUT2D eigenvalue weighted by molar-refractivity contribution is 6.09. The summed E-state index contributed by atoms with van der Waals surface area (Å²) in [5.41, 5.74) is 8.46. The zero-order chi connectivity index (χ0) is 26.9. The summed E-state index contributed by atoms with van der Waals surface area (Å²) >= 11 is 0. The van der Waals surface area contributed by atoms with E-state index >= 15 is 0 Å². The molecule has 0 amide bonds. The molecule has 0 saturated heterocycles. The highest BCUT2D eigenvalue weighted by Crippen LogP contribution is 2.33. The number of benzene rings is 3. The van der Waals surface area contributed by atoms with Crippen molar-refractivity contribution in [3.63, 3.8) is 0 Å². The van der Waals surface area contributed by atoms with Crippen molar-refractivity contribution in [1.29, 1.82) is 0 Å². The number of esters is 1. The van der Waals surface area contributed by atoms with Gasteiger partial charge < -0.3 is 14.4 Å². The van der Waals surface area contributed by atoms with Crippen LogP contribution in [-0.2, 0) is 17.6 Å². The van der Waals surface area contributed by atoms with Crippen LogP contribution in [0.15, 0.2) is 70.6 Å². The fourth-order valence-corrected chi connectivity index (χ4v) is 4.69. The Hall–Kier alpha value is -3.77. The number of nitrogens with zero attached hydrogens (tertiary/aromatic N) is 3. The van der Waals surface area contributed by atoms with Gasteiger partial charge in [0.05, 0.1) is 35.0 Å². The lowest BCUT2D eigenvalue weighted by Gasteiger charge is -2.19. The van der Waals surface area contributed by atoms with E-state index in [1.807, 2.05) is 45.0 Å². The highest BCUT2D eigenvalue weighted by atomic mass is 16.6. The van der Waals surface area contributed by atoms with E-state index in [0.717, 1.165) is 64.6 Å². The van der Waals surface area contributed by atoms with Crippen LogP contribution in [0.4, 0.5) is 11.4 Å². The van der Waals surface area contributed by atoms with Crippen LogP contribution >= 0.6 is 0 Å². The molecule has 0 unspecified atom stereocenters. The smallest absolute Gasteiger partial charge is 0.338 e. The molecule has 0 aromatic heterocycles. The van der Waals surface area contributed by atoms with Crippen molar-refractivity contribution in [1.82, 2.24) is 4.90 Å². The van der Waals surface area contributed by atoms with Crippen LogP contribution in [0.3, 0.4) is 0 Å². The Morgan fingerprint density at radius 1 is 0.842 bits per heavy atom. The summed E-state index contributed by atoms with van der Waals surface area (Å²) in [7, 11) is 4.15. The molecule has 0 spiro atoms. The van der Waals surface area contributed by atoms with Crippen LogP contribution in [0.5, 0.6) is 5.75 Å². The largest absolute Gasteiger partial charge is 0.494 e. The number of fused-ring (bicyclic) bond motifs is 2. The Labute approximate surface area is 225 Å². The second-order valence-electron chi connectivity index (χ2n) is 11.2. The second kappa shape index (κ2) is 10.5. The molecule has 0 radical (unpaired) electrons. The zero-order valence-electron chi connectivity index (χ0n) is 22.9. The van der Waals surface area contributed by atoms with Gasteiger partial charge in [-0.1, -0.05) is 24.3 Å². The number of rotatable bonds is 8. The Bertz CT molecular complexity index is 1410. The van der Waals surface area contributed by atoms with E-state index in [-0.39, 0.29) is 5.97 Å². The zero-order valence-corrected chi connectivity index (χ0v) is 22.9. The number of aliphatic imine (C=N–C) groups is 2. The van der Waals surface area contributed by atoms with Crippen molar-refractivity contribution in [3.8, 4) is 5.75 Å². The van der Waals surface area contributed by atoms with E-state index in [9.17, 15) is 4.79 Å². The van der Waals surface area contributed by atoms with Crippen LogP contribution in [0.25, 0.3) is 0 Å². The van der Waals surface area contributed by atoms with Gasteiger partial charge in [-0.2, -0.15) is 0 Å². The van der Waals surface area contributed by atoms with Crippen molar-refractivity contribution in [3.05, 3.63) is 88.5 Å². The molecule has 0 saturated carbocycles. The number of carbonyl (C=O) groups is 1. The molecule has 2 aliphatic heterocycles. The maximum Gasteiger partial charge on any atom is 0.338 e. The van der Waals surface area contributed by atoms with Gasteiger partial charge in [-0.25, -0.2) is 4.79 Å². The predicted octanol–water partition coefficient (Wildman–Crippen LogP) is 6.33. The van der Waals surface area contributed by atoms with Crippen LogP contribution in [0.1, 0.15) is 59.8 Å². The molecule has 5 rings (SSSR count). The Balaban J connectivity index is 1.22. The molecule has 2 heterocycles. The SMILES string of the molecule is CN(C)CCCOc1ccc2c(c1)CC(c1ccc(C3=Nc4ccc(C(=O)OC(C)(C)C)cc4C3)cc1)=N2. The number of hydrogen-bond donors (Lipinski definition) is 0. The van der Waals surface area contributed by atoms with Crippen LogP contribution in [0, 0.1) is 0 Å². The Morgan fingerprint density at radius 2 is 1.42 bits per heavy atom. The topological polar surface area (TPSA) is 63.5 Å². The van der Waals surface area contributed by atoms with Crippen LogP contribution in [-0.4, -0.2) is 55.1 Å². The van der Waals surface area contributed by atoms with Crippen molar-refractivity contribution in [2.24, 2.45) is 9.98 Å². The van der Waals surface area contributed by atoms with Crippen LogP contribution < -0.4 is 4.74 Å². The molecule has 3 aromatic carbocycles. The van der Waals surface area contributed by atoms with E-state index < -0.39 is 5.60 Å². The molecular weight excluding hydrogens is 474 g/mol. The van der Waals surface area contributed by atoms with Gasteiger partial charge >= 0.3 is 5.97 Å². The standard InChI is InChI=1S/C32H35N3O3/c1-32(2,3)38-31(36)23-11-13-27-24(17-23)19-29(33-27)21-7-9-22(10-8-21)30-20-25-18-26(12-14-28(25)34-30)37-16-6-15-35(4)5/h7-14,17-18H,6,15-16,19-20H2,1-5H3. The minimum Gasteiger partial charge on any atom is -0.494 e. The predicted molar refractivity (Wildman–Crippen MR) is 153 cm³/mol. The maximum atomic E-state index is 12.5. The maximum absolute atomic E-state index is 12.5. The van der Waals surface area contributed by atoms with Gasteiger partial charge in [0, 0.05) is 19.4 Å². The molecule has 6 heteroatoms. The third-order valence-corrected chi connectivity index (χ3v) is 6.56. The monoisotopic (exact) mass is 509 g/mol. The van der Waals surface area contributed by atoms with Gasteiger partial charge in [-0.3, -0.25) is 9.98 Å². The molecule has 0 aliphatic carbocycles. The average molecular weight is 510 g/mol. The molecule has 0 N–H and O–H groups in total. The first-order chi connectivity index (χ1) is 18.1. The number of hydrogen-bond acceptors (Lipinski definition) is 6. The summed E-state index contributed by atoms with van der Waals surface area (Å²) in [5, 5.41) is 0.